The monoisotopic (exact) mass is 344 g/mol. The predicted octanol–water partition coefficient (Wildman–Crippen LogP) is 3.38. The van der Waals surface area contributed by atoms with Gasteiger partial charge in [0.1, 0.15) is 0 Å². The van der Waals surface area contributed by atoms with Crippen molar-refractivity contribution >= 4 is 28.9 Å². The summed E-state index contributed by atoms with van der Waals surface area (Å²) < 4.78 is 0. The molecule has 1 aliphatic heterocycles. The van der Waals surface area contributed by atoms with Gasteiger partial charge in [-0.25, -0.2) is 4.98 Å². The molecule has 0 saturated heterocycles. The van der Waals surface area contributed by atoms with E-state index in [2.05, 4.69) is 4.98 Å². The number of benzene rings is 1. The van der Waals surface area contributed by atoms with Gasteiger partial charge in [0.15, 0.2) is 0 Å². The number of para-hydroxylation sites is 1. The Labute approximate surface area is 145 Å². The lowest BCUT2D eigenvalue weighted by Gasteiger charge is -2.32. The molecule has 1 atom stereocenters. The summed E-state index contributed by atoms with van der Waals surface area (Å²) in [6, 6.07) is 7.33. The number of thiazole rings is 1. The highest BCUT2D eigenvalue weighted by molar-refractivity contribution is 7.09. The Bertz CT molecular complexity index is 756. The number of carboxylic acid groups (broad SMARTS) is 1. The van der Waals surface area contributed by atoms with Gasteiger partial charge in [-0.15, -0.1) is 11.3 Å². The fourth-order valence-electron chi connectivity index (χ4n) is 3.16. The molecule has 6 heteroatoms. The minimum atomic E-state index is -0.826. The molecule has 5 nitrogen and oxygen atoms in total. The van der Waals surface area contributed by atoms with Crippen molar-refractivity contribution in [2.24, 2.45) is 0 Å². The zero-order valence-corrected chi connectivity index (χ0v) is 14.4. The van der Waals surface area contributed by atoms with Crippen LogP contribution in [0.25, 0.3) is 0 Å². The Morgan fingerprint density at radius 1 is 1.38 bits per heavy atom. The predicted molar refractivity (Wildman–Crippen MR) is 93.6 cm³/mol. The Morgan fingerprint density at radius 3 is 2.88 bits per heavy atom. The van der Waals surface area contributed by atoms with Crippen LogP contribution in [0.5, 0.6) is 0 Å². The van der Waals surface area contributed by atoms with Crippen molar-refractivity contribution in [1.29, 1.82) is 0 Å². The van der Waals surface area contributed by atoms with Gasteiger partial charge in [-0.1, -0.05) is 18.2 Å². The largest absolute Gasteiger partial charge is 0.481 e. The average molecular weight is 344 g/mol. The summed E-state index contributed by atoms with van der Waals surface area (Å²) in [6.45, 7) is 2.44. The van der Waals surface area contributed by atoms with E-state index in [1.165, 1.54) is 0 Å². The summed E-state index contributed by atoms with van der Waals surface area (Å²) in [6.07, 6.45) is 2.46. The smallest absolute Gasteiger partial charge is 0.311 e. The molecule has 0 aliphatic carbocycles. The first-order chi connectivity index (χ1) is 11.6. The molecule has 24 heavy (non-hydrogen) atoms. The molecule has 3 rings (SSSR count). The molecule has 0 fully saturated rings. The van der Waals surface area contributed by atoms with Gasteiger partial charge in [-0.3, -0.25) is 9.59 Å². The Morgan fingerprint density at radius 2 is 2.17 bits per heavy atom. The number of aromatic nitrogens is 1. The van der Waals surface area contributed by atoms with Gasteiger partial charge < -0.3 is 10.0 Å². The van der Waals surface area contributed by atoms with E-state index in [0.717, 1.165) is 34.8 Å². The molecule has 0 spiro atoms. The zero-order valence-electron chi connectivity index (χ0n) is 13.6. The molecule has 0 radical (unpaired) electrons. The van der Waals surface area contributed by atoms with Crippen LogP contribution in [-0.2, 0) is 16.0 Å². The first-order valence-corrected chi connectivity index (χ1v) is 8.97. The number of hydrogen-bond acceptors (Lipinski definition) is 4. The van der Waals surface area contributed by atoms with Crippen LogP contribution in [0.15, 0.2) is 29.6 Å². The highest BCUT2D eigenvalue weighted by Crippen LogP contribution is 2.35. The fourth-order valence-corrected chi connectivity index (χ4v) is 3.80. The third kappa shape index (κ3) is 3.48. The van der Waals surface area contributed by atoms with Gasteiger partial charge in [0.2, 0.25) is 5.91 Å². The van der Waals surface area contributed by atoms with Crippen LogP contribution in [0.4, 0.5) is 5.69 Å². The van der Waals surface area contributed by atoms with E-state index in [0.29, 0.717) is 19.4 Å². The number of carbonyl (C=O) groups is 2. The maximum atomic E-state index is 12.6. The number of anilines is 1. The number of rotatable bonds is 5. The Kier molecular flexibility index (Phi) is 4.94. The molecular formula is C18H20N2O3S. The number of aliphatic carboxylic acids is 1. The SMILES string of the molecule is Cc1nc(CCCC(=O)N2CCC(C(=O)O)c3ccccc32)cs1. The maximum absolute atomic E-state index is 12.6. The average Bonchev–Trinajstić information content (AvgIpc) is 2.98. The molecular weight excluding hydrogens is 324 g/mol. The quantitative estimate of drug-likeness (QED) is 0.903. The van der Waals surface area contributed by atoms with E-state index >= 15 is 0 Å². The number of aryl methyl sites for hydroxylation is 2. The van der Waals surface area contributed by atoms with Gasteiger partial charge in [0, 0.05) is 24.0 Å². The van der Waals surface area contributed by atoms with Crippen molar-refractivity contribution in [3.05, 3.63) is 45.9 Å². The van der Waals surface area contributed by atoms with Crippen LogP contribution in [0.1, 0.15) is 41.4 Å². The summed E-state index contributed by atoms with van der Waals surface area (Å²) in [5.74, 6) is -1.30. The second-order valence-electron chi connectivity index (χ2n) is 6.00. The van der Waals surface area contributed by atoms with E-state index in [1.807, 2.05) is 36.6 Å². The standard InChI is InChI=1S/C18H20N2O3S/c1-12-19-13(11-24-12)5-4-8-17(21)20-10-9-15(18(22)23)14-6-2-3-7-16(14)20/h2-3,6-7,11,15H,4-5,8-10H2,1H3,(H,22,23). The van der Waals surface area contributed by atoms with Gasteiger partial charge in [0.05, 0.1) is 16.6 Å². The summed E-state index contributed by atoms with van der Waals surface area (Å²) in [5, 5.41) is 12.4. The molecule has 1 aromatic heterocycles. The topological polar surface area (TPSA) is 70.5 Å². The van der Waals surface area contributed by atoms with Crippen LogP contribution in [0.3, 0.4) is 0 Å². The van der Waals surface area contributed by atoms with Crippen molar-refractivity contribution in [2.75, 3.05) is 11.4 Å². The van der Waals surface area contributed by atoms with Crippen LogP contribution >= 0.6 is 11.3 Å². The first kappa shape index (κ1) is 16.6. The molecule has 0 saturated carbocycles. The third-order valence-corrected chi connectivity index (χ3v) is 5.16. The Balaban J connectivity index is 1.66. The lowest BCUT2D eigenvalue weighted by Crippen LogP contribution is -2.38. The number of hydrogen-bond donors (Lipinski definition) is 1. The summed E-state index contributed by atoms with van der Waals surface area (Å²) in [5.41, 5.74) is 2.51. The second kappa shape index (κ2) is 7.13. The van der Waals surface area contributed by atoms with Crippen LogP contribution in [0, 0.1) is 6.92 Å². The molecule has 1 aliphatic rings. The van der Waals surface area contributed by atoms with E-state index in [4.69, 9.17) is 0 Å². The van der Waals surface area contributed by atoms with Gasteiger partial charge in [0.25, 0.3) is 0 Å². The minimum absolute atomic E-state index is 0.0539. The number of nitrogens with zero attached hydrogens (tertiary/aromatic N) is 2. The highest BCUT2D eigenvalue weighted by atomic mass is 32.1. The number of carboxylic acids is 1. The first-order valence-electron chi connectivity index (χ1n) is 8.09. The fraction of sp³-hybridized carbons (Fsp3) is 0.389. The zero-order chi connectivity index (χ0) is 17.1. The second-order valence-corrected chi connectivity index (χ2v) is 7.06. The van der Waals surface area contributed by atoms with Gasteiger partial charge in [-0.05, 0) is 37.8 Å². The molecule has 1 aromatic carbocycles. The third-order valence-electron chi connectivity index (χ3n) is 4.33. The van der Waals surface area contributed by atoms with E-state index < -0.39 is 11.9 Å². The lowest BCUT2D eigenvalue weighted by molar-refractivity contribution is -0.139. The maximum Gasteiger partial charge on any atom is 0.311 e. The van der Waals surface area contributed by atoms with E-state index in [-0.39, 0.29) is 5.91 Å². The van der Waals surface area contributed by atoms with Gasteiger partial charge in [-0.2, -0.15) is 0 Å². The molecule has 1 amide bonds. The molecule has 2 aromatic rings. The minimum Gasteiger partial charge on any atom is -0.481 e. The molecule has 2 heterocycles. The summed E-state index contributed by atoms with van der Waals surface area (Å²) >= 11 is 1.62. The van der Waals surface area contributed by atoms with Crippen LogP contribution < -0.4 is 4.90 Å². The molecule has 1 unspecified atom stereocenters. The molecule has 126 valence electrons. The van der Waals surface area contributed by atoms with Crippen molar-refractivity contribution < 1.29 is 14.7 Å². The normalized spacial score (nSPS) is 16.7. The summed E-state index contributed by atoms with van der Waals surface area (Å²) in [7, 11) is 0. The number of amides is 1. The van der Waals surface area contributed by atoms with E-state index in [9.17, 15) is 14.7 Å². The number of fused-ring (bicyclic) bond motifs is 1. The van der Waals surface area contributed by atoms with Crippen molar-refractivity contribution in [3.63, 3.8) is 0 Å². The number of carbonyl (C=O) groups excluding carboxylic acids is 1. The summed E-state index contributed by atoms with van der Waals surface area (Å²) in [4.78, 5) is 30.2. The van der Waals surface area contributed by atoms with Crippen molar-refractivity contribution in [2.45, 2.75) is 38.5 Å². The lowest BCUT2D eigenvalue weighted by atomic mass is 9.89. The molecule has 1 N–H and O–H groups in total. The molecule has 0 bridgehead atoms. The highest BCUT2D eigenvalue weighted by Gasteiger charge is 2.31. The van der Waals surface area contributed by atoms with Crippen LogP contribution in [-0.4, -0.2) is 28.5 Å². The Hall–Kier alpha value is -2.21. The van der Waals surface area contributed by atoms with Crippen molar-refractivity contribution in [3.8, 4) is 0 Å². The van der Waals surface area contributed by atoms with Crippen molar-refractivity contribution in [1.82, 2.24) is 4.98 Å². The van der Waals surface area contributed by atoms with E-state index in [1.54, 1.807) is 16.2 Å². The van der Waals surface area contributed by atoms with Crippen LogP contribution in [0.2, 0.25) is 0 Å². The van der Waals surface area contributed by atoms with Gasteiger partial charge >= 0.3 is 5.97 Å².